The van der Waals surface area contributed by atoms with Crippen LogP contribution < -0.4 is 5.73 Å². The number of anilines is 1. The minimum atomic E-state index is -0.314. The van der Waals surface area contributed by atoms with E-state index in [1.165, 1.54) is 17.4 Å². The molecule has 6 heteroatoms. The first-order valence-electron chi connectivity index (χ1n) is 4.83. The Morgan fingerprint density at radius 2 is 2.24 bits per heavy atom. The lowest BCUT2D eigenvalue weighted by Gasteiger charge is -1.92. The van der Waals surface area contributed by atoms with Crippen molar-refractivity contribution in [2.75, 3.05) is 5.73 Å². The second-order valence-electron chi connectivity index (χ2n) is 3.57. The number of aromatic amines is 1. The summed E-state index contributed by atoms with van der Waals surface area (Å²) >= 11 is 4.59. The van der Waals surface area contributed by atoms with E-state index in [1.807, 2.05) is 11.4 Å². The van der Waals surface area contributed by atoms with Crippen LogP contribution in [-0.4, -0.2) is 9.97 Å². The third kappa shape index (κ3) is 1.73. The number of halogens is 2. The maximum atomic E-state index is 13.4. The molecule has 0 aliphatic heterocycles. The van der Waals surface area contributed by atoms with E-state index in [1.54, 1.807) is 6.07 Å². The monoisotopic (exact) mass is 311 g/mol. The second-order valence-corrected chi connectivity index (χ2v) is 5.37. The van der Waals surface area contributed by atoms with Gasteiger partial charge in [-0.15, -0.1) is 11.3 Å². The molecule has 0 radical (unpaired) electrons. The highest BCUT2D eigenvalue weighted by Gasteiger charge is 2.11. The van der Waals surface area contributed by atoms with E-state index in [9.17, 15) is 4.39 Å². The number of nitrogens with one attached hydrogen (secondary N) is 1. The fourth-order valence-corrected chi connectivity index (χ4v) is 2.62. The number of aromatic nitrogens is 2. The summed E-state index contributed by atoms with van der Waals surface area (Å²) in [4.78, 5) is 7.45. The van der Waals surface area contributed by atoms with Crippen LogP contribution in [0.5, 0.6) is 0 Å². The number of nitrogen functional groups attached to an aromatic ring is 1. The molecule has 2 heterocycles. The highest BCUT2D eigenvalue weighted by Crippen LogP contribution is 2.31. The standard InChI is InChI=1S/C11H7BrFN3S/c12-6-3-8-9(4-7(6)13)16-11(15-8)5-1-2-17-10(5)14/h1-4H,14H2,(H,15,16). The highest BCUT2D eigenvalue weighted by molar-refractivity contribution is 9.10. The maximum Gasteiger partial charge on any atom is 0.141 e. The van der Waals surface area contributed by atoms with Gasteiger partial charge in [-0.05, 0) is 33.4 Å². The first-order chi connectivity index (χ1) is 8.15. The lowest BCUT2D eigenvalue weighted by molar-refractivity contribution is 0.623. The van der Waals surface area contributed by atoms with E-state index in [4.69, 9.17) is 5.73 Å². The van der Waals surface area contributed by atoms with Gasteiger partial charge in [-0.25, -0.2) is 9.37 Å². The molecular formula is C11H7BrFN3S. The molecule has 3 nitrogen and oxygen atoms in total. The van der Waals surface area contributed by atoms with E-state index in [0.29, 0.717) is 26.3 Å². The number of rotatable bonds is 1. The summed E-state index contributed by atoms with van der Waals surface area (Å²) in [5, 5.41) is 2.59. The lowest BCUT2D eigenvalue weighted by Crippen LogP contribution is -1.84. The molecule has 0 aliphatic rings. The molecule has 86 valence electrons. The molecule has 0 saturated carbocycles. The summed E-state index contributed by atoms with van der Waals surface area (Å²) in [7, 11) is 0. The molecule has 0 fully saturated rings. The topological polar surface area (TPSA) is 54.7 Å². The SMILES string of the molecule is Nc1sccc1-c1nc2cc(Br)c(F)cc2[nH]1. The minimum Gasteiger partial charge on any atom is -0.390 e. The van der Waals surface area contributed by atoms with E-state index < -0.39 is 0 Å². The molecule has 0 unspecified atom stereocenters. The summed E-state index contributed by atoms with van der Waals surface area (Å²) < 4.78 is 13.8. The Morgan fingerprint density at radius 1 is 1.41 bits per heavy atom. The predicted molar refractivity (Wildman–Crippen MR) is 71.5 cm³/mol. The molecule has 3 N–H and O–H groups in total. The zero-order valence-corrected chi connectivity index (χ0v) is 10.9. The molecule has 0 bridgehead atoms. The number of imidazole rings is 1. The molecule has 0 spiro atoms. The molecular weight excluding hydrogens is 305 g/mol. The van der Waals surface area contributed by atoms with Crippen molar-refractivity contribution in [2.45, 2.75) is 0 Å². The third-order valence-electron chi connectivity index (χ3n) is 2.47. The normalized spacial score (nSPS) is 11.2. The van der Waals surface area contributed by atoms with E-state index in [2.05, 4.69) is 25.9 Å². The van der Waals surface area contributed by atoms with Gasteiger partial charge in [-0.1, -0.05) is 0 Å². The Labute approximate surface area is 109 Å². The Kier molecular flexibility index (Phi) is 2.41. The van der Waals surface area contributed by atoms with Crippen molar-refractivity contribution in [3.8, 4) is 11.4 Å². The van der Waals surface area contributed by atoms with Crippen molar-refractivity contribution in [1.29, 1.82) is 0 Å². The van der Waals surface area contributed by atoms with Gasteiger partial charge in [0.2, 0.25) is 0 Å². The predicted octanol–water partition coefficient (Wildman–Crippen LogP) is 3.78. The fourth-order valence-electron chi connectivity index (χ4n) is 1.65. The van der Waals surface area contributed by atoms with Crippen LogP contribution in [0, 0.1) is 5.82 Å². The zero-order valence-electron chi connectivity index (χ0n) is 8.50. The highest BCUT2D eigenvalue weighted by atomic mass is 79.9. The minimum absolute atomic E-state index is 0.314. The Balaban J connectivity index is 2.24. The molecule has 17 heavy (non-hydrogen) atoms. The summed E-state index contributed by atoms with van der Waals surface area (Å²) in [6.45, 7) is 0. The van der Waals surface area contributed by atoms with Gasteiger partial charge in [0.05, 0.1) is 26.1 Å². The first kappa shape index (κ1) is 10.7. The van der Waals surface area contributed by atoms with Crippen molar-refractivity contribution in [3.63, 3.8) is 0 Å². The average Bonchev–Trinajstić information content (AvgIpc) is 2.85. The van der Waals surface area contributed by atoms with Crippen molar-refractivity contribution < 1.29 is 4.39 Å². The number of nitrogens with two attached hydrogens (primary N) is 1. The van der Waals surface area contributed by atoms with Crippen LogP contribution in [-0.2, 0) is 0 Å². The number of fused-ring (bicyclic) bond motifs is 1. The molecule has 2 aromatic heterocycles. The van der Waals surface area contributed by atoms with Crippen LogP contribution in [0.1, 0.15) is 0 Å². The van der Waals surface area contributed by atoms with E-state index >= 15 is 0 Å². The number of nitrogens with zero attached hydrogens (tertiary/aromatic N) is 1. The van der Waals surface area contributed by atoms with Gasteiger partial charge in [0, 0.05) is 6.07 Å². The van der Waals surface area contributed by atoms with Crippen LogP contribution in [0.25, 0.3) is 22.4 Å². The summed E-state index contributed by atoms with van der Waals surface area (Å²) in [5.74, 6) is 0.349. The molecule has 3 rings (SSSR count). The quantitative estimate of drug-likeness (QED) is 0.718. The number of thiophene rings is 1. The van der Waals surface area contributed by atoms with Gasteiger partial charge in [-0.2, -0.15) is 0 Å². The van der Waals surface area contributed by atoms with Gasteiger partial charge in [0.25, 0.3) is 0 Å². The molecule has 0 aliphatic carbocycles. The van der Waals surface area contributed by atoms with Gasteiger partial charge >= 0.3 is 0 Å². The second kappa shape index (κ2) is 3.82. The van der Waals surface area contributed by atoms with Gasteiger partial charge in [0.15, 0.2) is 0 Å². The van der Waals surface area contributed by atoms with Crippen molar-refractivity contribution in [2.24, 2.45) is 0 Å². The van der Waals surface area contributed by atoms with Crippen LogP contribution in [0.2, 0.25) is 0 Å². The average molecular weight is 312 g/mol. The maximum absolute atomic E-state index is 13.4. The Morgan fingerprint density at radius 3 is 2.94 bits per heavy atom. The number of hydrogen-bond donors (Lipinski definition) is 2. The van der Waals surface area contributed by atoms with E-state index in [-0.39, 0.29) is 5.82 Å². The lowest BCUT2D eigenvalue weighted by atomic mass is 10.3. The summed E-state index contributed by atoms with van der Waals surface area (Å²) in [6.07, 6.45) is 0. The van der Waals surface area contributed by atoms with Gasteiger partial charge in [-0.3, -0.25) is 0 Å². The van der Waals surface area contributed by atoms with Crippen LogP contribution in [0.4, 0.5) is 9.39 Å². The van der Waals surface area contributed by atoms with Crippen molar-refractivity contribution >= 4 is 43.3 Å². The number of H-pyrrole nitrogens is 1. The third-order valence-corrected chi connectivity index (χ3v) is 3.83. The van der Waals surface area contributed by atoms with Crippen LogP contribution in [0.3, 0.4) is 0 Å². The number of benzene rings is 1. The first-order valence-corrected chi connectivity index (χ1v) is 6.50. The summed E-state index contributed by atoms with van der Waals surface area (Å²) in [5.41, 5.74) is 8.05. The fraction of sp³-hybridized carbons (Fsp3) is 0. The van der Waals surface area contributed by atoms with Crippen molar-refractivity contribution in [3.05, 3.63) is 33.9 Å². The van der Waals surface area contributed by atoms with Crippen LogP contribution in [0.15, 0.2) is 28.1 Å². The molecule has 0 atom stereocenters. The Bertz CT molecular complexity index is 665. The van der Waals surface area contributed by atoms with Crippen molar-refractivity contribution in [1.82, 2.24) is 9.97 Å². The summed E-state index contributed by atoms with van der Waals surface area (Å²) in [6, 6.07) is 4.95. The molecule has 1 aromatic carbocycles. The van der Waals surface area contributed by atoms with Gasteiger partial charge < -0.3 is 10.7 Å². The zero-order chi connectivity index (χ0) is 12.0. The van der Waals surface area contributed by atoms with Crippen LogP contribution >= 0.6 is 27.3 Å². The van der Waals surface area contributed by atoms with Gasteiger partial charge in [0.1, 0.15) is 11.6 Å². The smallest absolute Gasteiger partial charge is 0.141 e. The largest absolute Gasteiger partial charge is 0.390 e. The molecule has 3 aromatic rings. The molecule has 0 amide bonds. The molecule has 0 saturated heterocycles. The van der Waals surface area contributed by atoms with E-state index in [0.717, 1.165) is 5.56 Å². The Hall–Kier alpha value is -1.40. The number of hydrogen-bond acceptors (Lipinski definition) is 3.